The van der Waals surface area contributed by atoms with Crippen molar-refractivity contribution in [2.45, 2.75) is 26.2 Å². The lowest BCUT2D eigenvalue weighted by molar-refractivity contribution is -0.119. The molecule has 0 saturated carbocycles. The highest BCUT2D eigenvalue weighted by molar-refractivity contribution is 5.85. The van der Waals surface area contributed by atoms with E-state index in [9.17, 15) is 4.79 Å². The molecule has 4 nitrogen and oxygen atoms in total. The van der Waals surface area contributed by atoms with Crippen LogP contribution in [0.1, 0.15) is 31.7 Å². The van der Waals surface area contributed by atoms with Crippen molar-refractivity contribution in [2.75, 3.05) is 37.6 Å². The molecule has 2 N–H and O–H groups in total. The third-order valence-corrected chi connectivity index (χ3v) is 4.26. The average Bonchev–Trinajstić information content (AvgIpc) is 2.47. The Balaban J connectivity index is 2.13. The molecule has 0 spiro atoms. The second-order valence-electron chi connectivity index (χ2n) is 5.32. The molecule has 0 bridgehead atoms. The number of primary amides is 1. The summed E-state index contributed by atoms with van der Waals surface area (Å²) < 4.78 is 0. The van der Waals surface area contributed by atoms with Gasteiger partial charge in [0.05, 0.1) is 5.92 Å². The van der Waals surface area contributed by atoms with E-state index in [0.717, 1.165) is 44.7 Å². The first-order chi connectivity index (χ1) is 9.67. The van der Waals surface area contributed by atoms with E-state index in [2.05, 4.69) is 29.7 Å². The molecule has 4 heteroatoms. The summed E-state index contributed by atoms with van der Waals surface area (Å²) in [6.07, 6.45) is 0.824. The molecule has 0 aromatic heterocycles. The second kappa shape index (κ2) is 6.75. The summed E-state index contributed by atoms with van der Waals surface area (Å²) in [7, 11) is 0. The fourth-order valence-corrected chi connectivity index (χ4v) is 2.96. The van der Waals surface area contributed by atoms with Crippen molar-refractivity contribution in [1.82, 2.24) is 4.90 Å². The van der Waals surface area contributed by atoms with Crippen molar-refractivity contribution in [3.05, 3.63) is 29.8 Å². The highest BCUT2D eigenvalue weighted by Gasteiger charge is 2.28. The van der Waals surface area contributed by atoms with Crippen LogP contribution < -0.4 is 10.6 Å². The number of carbonyl (C=O) groups is 1. The lowest BCUT2D eigenvalue weighted by Gasteiger charge is -2.35. The molecule has 1 amide bonds. The average molecular weight is 275 g/mol. The summed E-state index contributed by atoms with van der Waals surface area (Å²) in [4.78, 5) is 16.4. The van der Waals surface area contributed by atoms with E-state index in [1.807, 2.05) is 18.2 Å². The van der Waals surface area contributed by atoms with Crippen LogP contribution in [0.15, 0.2) is 24.3 Å². The highest BCUT2D eigenvalue weighted by Crippen LogP contribution is 2.34. The fraction of sp³-hybridized carbons (Fsp3) is 0.562. The monoisotopic (exact) mass is 275 g/mol. The van der Waals surface area contributed by atoms with Gasteiger partial charge >= 0.3 is 0 Å². The molecular formula is C16H25N3O. The minimum absolute atomic E-state index is 0.129. The molecule has 1 atom stereocenters. The number of para-hydroxylation sites is 1. The molecule has 1 aromatic rings. The van der Waals surface area contributed by atoms with Gasteiger partial charge < -0.3 is 15.5 Å². The largest absolute Gasteiger partial charge is 0.370 e. The third-order valence-electron chi connectivity index (χ3n) is 4.26. The topological polar surface area (TPSA) is 49.6 Å². The number of anilines is 1. The minimum atomic E-state index is -0.208. The first-order valence-electron chi connectivity index (χ1n) is 7.52. The maximum absolute atomic E-state index is 11.6. The molecule has 1 heterocycles. The Kier molecular flexibility index (Phi) is 5.01. The van der Waals surface area contributed by atoms with Gasteiger partial charge in [-0.05, 0) is 31.1 Å². The zero-order valence-electron chi connectivity index (χ0n) is 12.5. The quantitative estimate of drug-likeness (QED) is 0.861. The summed E-state index contributed by atoms with van der Waals surface area (Å²) in [6.45, 7) is 9.51. The van der Waals surface area contributed by atoms with Crippen LogP contribution in [-0.4, -0.2) is 43.5 Å². The SMILES string of the molecule is CCN(CC)CCN1CCC(C(N)=O)c2ccccc21. The minimum Gasteiger partial charge on any atom is -0.370 e. The number of rotatable bonds is 6. The fourth-order valence-electron chi connectivity index (χ4n) is 2.96. The van der Waals surface area contributed by atoms with Gasteiger partial charge in [0.15, 0.2) is 0 Å². The summed E-state index contributed by atoms with van der Waals surface area (Å²) in [6, 6.07) is 8.16. The Hall–Kier alpha value is -1.55. The first-order valence-corrected chi connectivity index (χ1v) is 7.52. The zero-order valence-corrected chi connectivity index (χ0v) is 12.5. The maximum atomic E-state index is 11.6. The van der Waals surface area contributed by atoms with Gasteiger partial charge in [-0.1, -0.05) is 32.0 Å². The Bertz CT molecular complexity index is 457. The van der Waals surface area contributed by atoms with Crippen LogP contribution in [0.4, 0.5) is 5.69 Å². The van der Waals surface area contributed by atoms with E-state index < -0.39 is 0 Å². The van der Waals surface area contributed by atoms with Crippen LogP contribution in [0.25, 0.3) is 0 Å². The molecule has 1 aliphatic rings. The maximum Gasteiger partial charge on any atom is 0.225 e. The first kappa shape index (κ1) is 14.9. The van der Waals surface area contributed by atoms with Crippen molar-refractivity contribution >= 4 is 11.6 Å². The molecule has 20 heavy (non-hydrogen) atoms. The molecule has 0 fully saturated rings. The molecule has 1 aliphatic heterocycles. The standard InChI is InChI=1S/C16H25N3O/c1-3-18(4-2)11-12-19-10-9-14(16(17)20)13-7-5-6-8-15(13)19/h5-8,14H,3-4,9-12H2,1-2H3,(H2,17,20). The van der Waals surface area contributed by atoms with Crippen LogP contribution >= 0.6 is 0 Å². The lowest BCUT2D eigenvalue weighted by atomic mass is 9.89. The summed E-state index contributed by atoms with van der Waals surface area (Å²) in [5, 5.41) is 0. The van der Waals surface area contributed by atoms with Crippen molar-refractivity contribution in [3.63, 3.8) is 0 Å². The number of hydrogen-bond acceptors (Lipinski definition) is 3. The third kappa shape index (κ3) is 3.12. The number of fused-ring (bicyclic) bond motifs is 1. The van der Waals surface area contributed by atoms with Gasteiger partial charge in [0, 0.05) is 25.3 Å². The molecule has 0 aliphatic carbocycles. The zero-order chi connectivity index (χ0) is 14.5. The van der Waals surface area contributed by atoms with E-state index in [1.165, 1.54) is 5.69 Å². The van der Waals surface area contributed by atoms with Gasteiger partial charge in [-0.25, -0.2) is 0 Å². The van der Waals surface area contributed by atoms with Crippen LogP contribution in [0, 0.1) is 0 Å². The van der Waals surface area contributed by atoms with Crippen LogP contribution in [0.5, 0.6) is 0 Å². The van der Waals surface area contributed by atoms with E-state index in [1.54, 1.807) is 0 Å². The predicted octanol–water partition coefficient (Wildman–Crippen LogP) is 1.81. The Morgan fingerprint density at radius 2 is 2.05 bits per heavy atom. The Morgan fingerprint density at radius 1 is 1.35 bits per heavy atom. The predicted molar refractivity (Wildman–Crippen MR) is 83.0 cm³/mol. The molecule has 2 rings (SSSR count). The lowest BCUT2D eigenvalue weighted by Crippen LogP contribution is -2.40. The van der Waals surface area contributed by atoms with Crippen molar-refractivity contribution in [3.8, 4) is 0 Å². The number of amides is 1. The summed E-state index contributed by atoms with van der Waals surface area (Å²) in [5.41, 5.74) is 7.79. The molecule has 1 unspecified atom stereocenters. The summed E-state index contributed by atoms with van der Waals surface area (Å²) in [5.74, 6) is -0.336. The Morgan fingerprint density at radius 3 is 2.70 bits per heavy atom. The number of carbonyl (C=O) groups excluding carboxylic acids is 1. The molecule has 0 saturated heterocycles. The van der Waals surface area contributed by atoms with Gasteiger partial charge in [0.25, 0.3) is 0 Å². The molecule has 1 aromatic carbocycles. The van der Waals surface area contributed by atoms with Crippen LogP contribution in [0.2, 0.25) is 0 Å². The van der Waals surface area contributed by atoms with Gasteiger partial charge in [0.1, 0.15) is 0 Å². The normalized spacial score (nSPS) is 18.1. The van der Waals surface area contributed by atoms with E-state index in [4.69, 9.17) is 5.73 Å². The van der Waals surface area contributed by atoms with E-state index >= 15 is 0 Å². The number of nitrogens with zero attached hydrogens (tertiary/aromatic N) is 2. The second-order valence-corrected chi connectivity index (χ2v) is 5.32. The Labute approximate surface area is 121 Å². The smallest absolute Gasteiger partial charge is 0.225 e. The van der Waals surface area contributed by atoms with E-state index in [-0.39, 0.29) is 11.8 Å². The van der Waals surface area contributed by atoms with E-state index in [0.29, 0.717) is 0 Å². The number of likely N-dealkylation sites (N-methyl/N-ethyl adjacent to an activating group) is 1. The molecule has 110 valence electrons. The van der Waals surface area contributed by atoms with Gasteiger partial charge in [-0.3, -0.25) is 4.79 Å². The molecular weight excluding hydrogens is 250 g/mol. The van der Waals surface area contributed by atoms with Crippen molar-refractivity contribution in [1.29, 1.82) is 0 Å². The number of benzene rings is 1. The number of nitrogens with two attached hydrogens (primary N) is 1. The summed E-state index contributed by atoms with van der Waals surface area (Å²) >= 11 is 0. The van der Waals surface area contributed by atoms with Gasteiger partial charge in [-0.2, -0.15) is 0 Å². The van der Waals surface area contributed by atoms with Gasteiger partial charge in [0.2, 0.25) is 5.91 Å². The van der Waals surface area contributed by atoms with Gasteiger partial charge in [-0.15, -0.1) is 0 Å². The number of hydrogen-bond donors (Lipinski definition) is 1. The van der Waals surface area contributed by atoms with Crippen molar-refractivity contribution < 1.29 is 4.79 Å². The molecule has 0 radical (unpaired) electrons. The van der Waals surface area contributed by atoms with Crippen LogP contribution in [0.3, 0.4) is 0 Å². The highest BCUT2D eigenvalue weighted by atomic mass is 16.1. The van der Waals surface area contributed by atoms with Crippen molar-refractivity contribution in [2.24, 2.45) is 5.73 Å². The van der Waals surface area contributed by atoms with Crippen LogP contribution in [-0.2, 0) is 4.79 Å².